The Morgan fingerprint density at radius 3 is 2.08 bits per heavy atom. The first-order valence-corrected chi connectivity index (χ1v) is 11.9. The van der Waals surface area contributed by atoms with Crippen LogP contribution in [-0.4, -0.2) is 55.0 Å². The molecule has 0 aliphatic heterocycles. The minimum Gasteiger partial charge on any atom is -0.445 e. The van der Waals surface area contributed by atoms with Crippen molar-refractivity contribution in [1.82, 2.24) is 5.32 Å². The number of nitrogens with zero attached hydrogens (tertiary/aromatic N) is 2. The Morgan fingerprint density at radius 2 is 1.49 bits per heavy atom. The number of carbonyl (C=O) groups excluding carboxylic acids is 2. The molecule has 0 aromatic heterocycles. The average molecular weight is 512 g/mol. The van der Waals surface area contributed by atoms with E-state index in [2.05, 4.69) is 15.5 Å². The SMILES string of the molecule is CC(C)(CC=O)OCC(C)(C)OCCNC(=O)OCc1ccc(/C(N)=N/N=C(\N)c2ccccc2)cc1. The molecular formula is C27H37N5O5. The number of amidine groups is 2. The lowest BCUT2D eigenvalue weighted by atomic mass is 10.1. The van der Waals surface area contributed by atoms with Crippen LogP contribution in [0.5, 0.6) is 0 Å². The maximum atomic E-state index is 12.0. The quantitative estimate of drug-likeness (QED) is 0.116. The zero-order valence-electron chi connectivity index (χ0n) is 21.9. The van der Waals surface area contributed by atoms with Crippen molar-refractivity contribution in [2.45, 2.75) is 51.9 Å². The van der Waals surface area contributed by atoms with E-state index in [4.69, 9.17) is 25.7 Å². The van der Waals surface area contributed by atoms with Gasteiger partial charge in [-0.25, -0.2) is 4.79 Å². The van der Waals surface area contributed by atoms with Gasteiger partial charge in [-0.15, -0.1) is 10.2 Å². The summed E-state index contributed by atoms with van der Waals surface area (Å²) in [6.45, 7) is 8.43. The second-order valence-corrected chi connectivity index (χ2v) is 9.56. The molecule has 0 spiro atoms. The Labute approximate surface area is 218 Å². The Balaban J connectivity index is 1.72. The van der Waals surface area contributed by atoms with E-state index in [1.54, 1.807) is 24.3 Å². The fraction of sp³-hybridized carbons (Fsp3) is 0.407. The van der Waals surface area contributed by atoms with Crippen molar-refractivity contribution in [3.8, 4) is 0 Å². The summed E-state index contributed by atoms with van der Waals surface area (Å²) in [6.07, 6.45) is 0.584. The Hall–Kier alpha value is -3.76. The average Bonchev–Trinajstić information content (AvgIpc) is 2.88. The maximum Gasteiger partial charge on any atom is 0.407 e. The molecule has 0 unspecified atom stereocenters. The van der Waals surface area contributed by atoms with Crippen molar-refractivity contribution in [2.24, 2.45) is 21.7 Å². The lowest BCUT2D eigenvalue weighted by molar-refractivity contribution is -0.130. The number of amides is 1. The van der Waals surface area contributed by atoms with E-state index in [-0.39, 0.29) is 31.4 Å². The lowest BCUT2D eigenvalue weighted by Gasteiger charge is -2.31. The first-order valence-electron chi connectivity index (χ1n) is 11.9. The number of hydrogen-bond acceptors (Lipinski definition) is 7. The number of nitrogens with one attached hydrogen (secondary N) is 1. The summed E-state index contributed by atoms with van der Waals surface area (Å²) < 4.78 is 16.8. The molecular weight excluding hydrogens is 474 g/mol. The molecule has 0 aliphatic rings. The van der Waals surface area contributed by atoms with Gasteiger partial charge in [0.05, 0.1) is 24.4 Å². The normalized spacial score (nSPS) is 12.8. The van der Waals surface area contributed by atoms with Crippen molar-refractivity contribution in [2.75, 3.05) is 19.8 Å². The van der Waals surface area contributed by atoms with Gasteiger partial charge in [0.15, 0.2) is 11.7 Å². The molecule has 0 atom stereocenters. The van der Waals surface area contributed by atoms with Crippen LogP contribution in [0.25, 0.3) is 0 Å². The number of aldehydes is 1. The fourth-order valence-electron chi connectivity index (χ4n) is 2.95. The highest BCUT2D eigenvalue weighted by Crippen LogP contribution is 2.18. The number of carbonyl (C=O) groups is 2. The molecule has 2 rings (SSSR count). The number of alkyl carbamates (subject to hydrolysis) is 1. The zero-order chi connectivity index (χ0) is 27.3. The number of nitrogens with two attached hydrogens (primary N) is 2. The topological polar surface area (TPSA) is 151 Å². The van der Waals surface area contributed by atoms with Crippen molar-refractivity contribution in [1.29, 1.82) is 0 Å². The third-order valence-corrected chi connectivity index (χ3v) is 5.20. The highest BCUT2D eigenvalue weighted by Gasteiger charge is 2.25. The molecule has 10 heteroatoms. The van der Waals surface area contributed by atoms with Gasteiger partial charge in [0.25, 0.3) is 0 Å². The highest BCUT2D eigenvalue weighted by atomic mass is 16.6. The van der Waals surface area contributed by atoms with Crippen molar-refractivity contribution in [3.05, 3.63) is 71.3 Å². The molecule has 200 valence electrons. The highest BCUT2D eigenvalue weighted by molar-refractivity contribution is 6.00. The van der Waals surface area contributed by atoms with Crippen molar-refractivity contribution in [3.63, 3.8) is 0 Å². The Bertz CT molecular complexity index is 1070. The van der Waals surface area contributed by atoms with E-state index < -0.39 is 17.3 Å². The minimum absolute atomic E-state index is 0.0915. The maximum absolute atomic E-state index is 12.0. The predicted molar refractivity (Wildman–Crippen MR) is 143 cm³/mol. The molecule has 0 heterocycles. The Morgan fingerprint density at radius 1 is 0.892 bits per heavy atom. The van der Waals surface area contributed by atoms with Crippen molar-refractivity contribution < 1.29 is 23.8 Å². The molecule has 0 bridgehead atoms. The third-order valence-electron chi connectivity index (χ3n) is 5.20. The summed E-state index contributed by atoms with van der Waals surface area (Å²) in [4.78, 5) is 22.7. The summed E-state index contributed by atoms with van der Waals surface area (Å²) in [5, 5.41) is 10.6. The molecule has 5 N–H and O–H groups in total. The molecule has 2 aromatic carbocycles. The minimum atomic E-state index is -0.572. The molecule has 0 saturated heterocycles. The largest absolute Gasteiger partial charge is 0.445 e. The molecule has 1 amide bonds. The van der Waals surface area contributed by atoms with Crippen LogP contribution >= 0.6 is 0 Å². The molecule has 0 saturated carbocycles. The number of rotatable bonds is 14. The number of benzene rings is 2. The smallest absolute Gasteiger partial charge is 0.407 e. The number of hydrogen-bond donors (Lipinski definition) is 3. The lowest BCUT2D eigenvalue weighted by Crippen LogP contribution is -2.38. The second kappa shape index (κ2) is 14.1. The van der Waals surface area contributed by atoms with Gasteiger partial charge in [0.2, 0.25) is 0 Å². The fourth-order valence-corrected chi connectivity index (χ4v) is 2.95. The summed E-state index contributed by atoms with van der Waals surface area (Å²) in [6, 6.07) is 16.4. The van der Waals surface area contributed by atoms with Crippen LogP contribution in [0.4, 0.5) is 4.79 Å². The predicted octanol–water partition coefficient (Wildman–Crippen LogP) is 3.12. The van der Waals surface area contributed by atoms with Gasteiger partial charge < -0.3 is 35.8 Å². The van der Waals surface area contributed by atoms with Crippen LogP contribution < -0.4 is 16.8 Å². The number of ether oxygens (including phenoxy) is 3. The zero-order valence-corrected chi connectivity index (χ0v) is 21.9. The van der Waals surface area contributed by atoms with Gasteiger partial charge in [-0.3, -0.25) is 0 Å². The molecule has 0 radical (unpaired) electrons. The van der Waals surface area contributed by atoms with E-state index in [0.717, 1.165) is 17.4 Å². The summed E-state index contributed by atoms with van der Waals surface area (Å²) in [7, 11) is 0. The van der Waals surface area contributed by atoms with Crippen LogP contribution in [0, 0.1) is 0 Å². The van der Waals surface area contributed by atoms with Gasteiger partial charge in [-0.05, 0) is 33.3 Å². The van der Waals surface area contributed by atoms with Crippen LogP contribution in [-0.2, 0) is 25.6 Å². The molecule has 0 aliphatic carbocycles. The van der Waals surface area contributed by atoms with Gasteiger partial charge in [-0.1, -0.05) is 54.6 Å². The first kappa shape index (κ1) is 29.5. The van der Waals surface area contributed by atoms with Gasteiger partial charge in [-0.2, -0.15) is 0 Å². The molecule has 37 heavy (non-hydrogen) atoms. The van der Waals surface area contributed by atoms with Crippen LogP contribution in [0.1, 0.15) is 50.8 Å². The monoisotopic (exact) mass is 511 g/mol. The van der Waals surface area contributed by atoms with Crippen LogP contribution in [0.3, 0.4) is 0 Å². The van der Waals surface area contributed by atoms with E-state index >= 15 is 0 Å². The second-order valence-electron chi connectivity index (χ2n) is 9.56. The third kappa shape index (κ3) is 11.2. The van der Waals surface area contributed by atoms with Crippen molar-refractivity contribution >= 4 is 24.1 Å². The van der Waals surface area contributed by atoms with Crippen LogP contribution in [0.2, 0.25) is 0 Å². The van der Waals surface area contributed by atoms with E-state index in [0.29, 0.717) is 18.6 Å². The summed E-state index contributed by atoms with van der Waals surface area (Å²) in [5.74, 6) is 0.477. The van der Waals surface area contributed by atoms with Gasteiger partial charge >= 0.3 is 6.09 Å². The molecule has 2 aromatic rings. The van der Waals surface area contributed by atoms with E-state index in [9.17, 15) is 9.59 Å². The summed E-state index contributed by atoms with van der Waals surface area (Å²) >= 11 is 0. The van der Waals surface area contributed by atoms with E-state index in [1.807, 2.05) is 58.0 Å². The molecule has 0 fully saturated rings. The Kier molecular flexibility index (Phi) is 11.2. The summed E-state index contributed by atoms with van der Waals surface area (Å²) in [5.41, 5.74) is 13.0. The molecule has 10 nitrogen and oxygen atoms in total. The van der Waals surface area contributed by atoms with Gasteiger partial charge in [0.1, 0.15) is 12.9 Å². The van der Waals surface area contributed by atoms with Crippen LogP contribution in [0.15, 0.2) is 64.8 Å². The van der Waals surface area contributed by atoms with Gasteiger partial charge in [0, 0.05) is 24.1 Å². The van der Waals surface area contributed by atoms with E-state index in [1.165, 1.54) is 0 Å². The standard InChI is InChI=1S/C27H37N5O5/c1-26(2,14-16-33)37-19-27(3,4)36-17-15-30-25(34)35-18-20-10-12-22(13-11-20)24(29)32-31-23(28)21-8-6-5-7-9-21/h5-13,16H,14-15,17-19H2,1-4H3,(H2,28,31)(H2,29,32)(H,30,34). The first-order chi connectivity index (χ1) is 17.5.